The lowest BCUT2D eigenvalue weighted by Gasteiger charge is -2.13. The number of hydrogen-bond acceptors (Lipinski definition) is 3. The SMILES string of the molecule is CCOCC(=O)C1CCCC1N. The molecule has 2 N–H and O–H groups in total. The predicted molar refractivity (Wildman–Crippen MR) is 46.8 cm³/mol. The summed E-state index contributed by atoms with van der Waals surface area (Å²) in [4.78, 5) is 11.4. The van der Waals surface area contributed by atoms with E-state index in [1.165, 1.54) is 0 Å². The van der Waals surface area contributed by atoms with Crippen molar-refractivity contribution in [1.29, 1.82) is 0 Å². The second kappa shape index (κ2) is 4.58. The summed E-state index contributed by atoms with van der Waals surface area (Å²) in [6.07, 6.45) is 3.03. The molecule has 0 aromatic carbocycles. The highest BCUT2D eigenvalue weighted by Crippen LogP contribution is 2.24. The van der Waals surface area contributed by atoms with E-state index in [1.807, 2.05) is 6.92 Å². The second-order valence-corrected chi connectivity index (χ2v) is 3.30. The largest absolute Gasteiger partial charge is 0.374 e. The van der Waals surface area contributed by atoms with Crippen LogP contribution in [0.4, 0.5) is 0 Å². The van der Waals surface area contributed by atoms with Gasteiger partial charge in [0, 0.05) is 18.6 Å². The molecule has 70 valence electrons. The average Bonchev–Trinajstić information content (AvgIpc) is 2.47. The van der Waals surface area contributed by atoms with Crippen molar-refractivity contribution in [2.45, 2.75) is 32.2 Å². The van der Waals surface area contributed by atoms with E-state index in [2.05, 4.69) is 0 Å². The monoisotopic (exact) mass is 171 g/mol. The van der Waals surface area contributed by atoms with Crippen molar-refractivity contribution in [3.05, 3.63) is 0 Å². The first-order chi connectivity index (χ1) is 5.75. The average molecular weight is 171 g/mol. The standard InChI is InChI=1S/C9H17NO2/c1-2-12-6-9(11)7-4-3-5-8(7)10/h7-8H,2-6,10H2,1H3. The van der Waals surface area contributed by atoms with Gasteiger partial charge in [-0.2, -0.15) is 0 Å². The van der Waals surface area contributed by atoms with E-state index in [-0.39, 0.29) is 24.3 Å². The van der Waals surface area contributed by atoms with Gasteiger partial charge in [0.15, 0.2) is 5.78 Å². The molecule has 0 amide bonds. The Morgan fingerprint density at radius 3 is 2.83 bits per heavy atom. The van der Waals surface area contributed by atoms with Crippen LogP contribution in [0.5, 0.6) is 0 Å². The molecule has 1 aliphatic rings. The van der Waals surface area contributed by atoms with Crippen molar-refractivity contribution in [3.8, 4) is 0 Å². The lowest BCUT2D eigenvalue weighted by molar-refractivity contribution is -0.127. The van der Waals surface area contributed by atoms with Crippen LogP contribution >= 0.6 is 0 Å². The molecule has 0 aromatic heterocycles. The van der Waals surface area contributed by atoms with Crippen LogP contribution in [0.2, 0.25) is 0 Å². The van der Waals surface area contributed by atoms with Crippen LogP contribution in [0.3, 0.4) is 0 Å². The first kappa shape index (κ1) is 9.68. The highest BCUT2D eigenvalue weighted by Gasteiger charge is 2.29. The van der Waals surface area contributed by atoms with Crippen LogP contribution < -0.4 is 5.73 Å². The van der Waals surface area contributed by atoms with Gasteiger partial charge < -0.3 is 10.5 Å². The van der Waals surface area contributed by atoms with E-state index in [0.717, 1.165) is 19.3 Å². The van der Waals surface area contributed by atoms with E-state index < -0.39 is 0 Å². The molecule has 0 aromatic rings. The molecule has 3 nitrogen and oxygen atoms in total. The highest BCUT2D eigenvalue weighted by molar-refractivity contribution is 5.83. The molecule has 1 fully saturated rings. The number of Topliss-reactive ketones (excluding diaryl/α,β-unsaturated/α-hetero) is 1. The van der Waals surface area contributed by atoms with Gasteiger partial charge in [-0.25, -0.2) is 0 Å². The number of hydrogen-bond donors (Lipinski definition) is 1. The van der Waals surface area contributed by atoms with Crippen LogP contribution in [0, 0.1) is 5.92 Å². The maximum absolute atomic E-state index is 11.4. The van der Waals surface area contributed by atoms with Crippen molar-refractivity contribution in [1.82, 2.24) is 0 Å². The van der Waals surface area contributed by atoms with E-state index in [4.69, 9.17) is 10.5 Å². The number of rotatable bonds is 4. The first-order valence-corrected chi connectivity index (χ1v) is 4.61. The summed E-state index contributed by atoms with van der Waals surface area (Å²) in [7, 11) is 0. The van der Waals surface area contributed by atoms with Gasteiger partial charge in [0.1, 0.15) is 6.61 Å². The van der Waals surface area contributed by atoms with Crippen LogP contribution in [0.25, 0.3) is 0 Å². The molecule has 0 bridgehead atoms. The third-order valence-corrected chi connectivity index (χ3v) is 2.43. The van der Waals surface area contributed by atoms with Crippen molar-refractivity contribution >= 4 is 5.78 Å². The fourth-order valence-corrected chi connectivity index (χ4v) is 1.70. The van der Waals surface area contributed by atoms with Gasteiger partial charge in [-0.05, 0) is 19.8 Å². The highest BCUT2D eigenvalue weighted by atomic mass is 16.5. The molecular weight excluding hydrogens is 154 g/mol. The van der Waals surface area contributed by atoms with Crippen LogP contribution in [0.1, 0.15) is 26.2 Å². The molecule has 2 atom stereocenters. The number of carbonyl (C=O) groups excluding carboxylic acids is 1. The molecule has 2 unspecified atom stereocenters. The summed E-state index contributed by atoms with van der Waals surface area (Å²) in [5.41, 5.74) is 5.78. The van der Waals surface area contributed by atoms with Crippen LogP contribution in [-0.2, 0) is 9.53 Å². The maximum Gasteiger partial charge on any atom is 0.163 e. The Kier molecular flexibility index (Phi) is 3.69. The van der Waals surface area contributed by atoms with Crippen LogP contribution in [0.15, 0.2) is 0 Å². The van der Waals surface area contributed by atoms with Crippen molar-refractivity contribution < 1.29 is 9.53 Å². The fraction of sp³-hybridized carbons (Fsp3) is 0.889. The summed E-state index contributed by atoms with van der Waals surface area (Å²) in [6.45, 7) is 2.74. The minimum absolute atomic E-state index is 0.0662. The van der Waals surface area contributed by atoms with Gasteiger partial charge >= 0.3 is 0 Å². The molecule has 3 heteroatoms. The molecule has 0 spiro atoms. The Hall–Kier alpha value is -0.410. The van der Waals surface area contributed by atoms with Gasteiger partial charge in [0.25, 0.3) is 0 Å². The van der Waals surface area contributed by atoms with Gasteiger partial charge in [-0.3, -0.25) is 4.79 Å². The molecule has 0 heterocycles. The quantitative estimate of drug-likeness (QED) is 0.678. The van der Waals surface area contributed by atoms with Crippen molar-refractivity contribution in [2.75, 3.05) is 13.2 Å². The molecule has 1 aliphatic carbocycles. The molecule has 0 radical (unpaired) electrons. The van der Waals surface area contributed by atoms with Gasteiger partial charge in [-0.1, -0.05) is 6.42 Å². The summed E-state index contributed by atoms with van der Waals surface area (Å²) in [6, 6.07) is 0.0814. The molecule has 0 saturated heterocycles. The second-order valence-electron chi connectivity index (χ2n) is 3.30. The normalized spacial score (nSPS) is 29.2. The Morgan fingerprint density at radius 1 is 1.58 bits per heavy atom. The van der Waals surface area contributed by atoms with E-state index in [1.54, 1.807) is 0 Å². The summed E-state index contributed by atoms with van der Waals surface area (Å²) >= 11 is 0. The third kappa shape index (κ3) is 2.29. The smallest absolute Gasteiger partial charge is 0.163 e. The van der Waals surface area contributed by atoms with Crippen molar-refractivity contribution in [3.63, 3.8) is 0 Å². The maximum atomic E-state index is 11.4. The van der Waals surface area contributed by atoms with Crippen molar-refractivity contribution in [2.24, 2.45) is 11.7 Å². The van der Waals surface area contributed by atoms with Crippen LogP contribution in [-0.4, -0.2) is 25.0 Å². The summed E-state index contributed by atoms with van der Waals surface area (Å²) in [5, 5.41) is 0. The Labute approximate surface area is 73.3 Å². The Balaban J connectivity index is 2.30. The zero-order valence-corrected chi connectivity index (χ0v) is 7.58. The molecule has 0 aliphatic heterocycles. The molecule has 12 heavy (non-hydrogen) atoms. The molecule has 1 rings (SSSR count). The minimum atomic E-state index is 0.0662. The number of nitrogens with two attached hydrogens (primary N) is 1. The minimum Gasteiger partial charge on any atom is -0.374 e. The first-order valence-electron chi connectivity index (χ1n) is 4.61. The topological polar surface area (TPSA) is 52.3 Å². The lowest BCUT2D eigenvalue weighted by atomic mass is 10.00. The number of ketones is 1. The molecular formula is C9H17NO2. The zero-order valence-electron chi connectivity index (χ0n) is 7.58. The Bertz CT molecular complexity index is 159. The van der Waals surface area contributed by atoms with E-state index >= 15 is 0 Å². The van der Waals surface area contributed by atoms with Gasteiger partial charge in [-0.15, -0.1) is 0 Å². The van der Waals surface area contributed by atoms with E-state index in [9.17, 15) is 4.79 Å². The Morgan fingerprint density at radius 2 is 2.33 bits per heavy atom. The van der Waals surface area contributed by atoms with Gasteiger partial charge in [0.05, 0.1) is 0 Å². The zero-order chi connectivity index (χ0) is 8.97. The van der Waals surface area contributed by atoms with Gasteiger partial charge in [0.2, 0.25) is 0 Å². The van der Waals surface area contributed by atoms with E-state index in [0.29, 0.717) is 6.61 Å². The summed E-state index contributed by atoms with van der Waals surface area (Å²) in [5.74, 6) is 0.249. The number of ether oxygens (including phenoxy) is 1. The fourth-order valence-electron chi connectivity index (χ4n) is 1.70. The molecule has 1 saturated carbocycles. The summed E-state index contributed by atoms with van der Waals surface area (Å²) < 4.78 is 5.05. The lowest BCUT2D eigenvalue weighted by Crippen LogP contribution is -2.32. The number of carbonyl (C=O) groups is 1. The predicted octanol–water partition coefficient (Wildman–Crippen LogP) is 0.719. The third-order valence-electron chi connectivity index (χ3n) is 2.43.